The molecule has 1 fully saturated rings. The quantitative estimate of drug-likeness (QED) is 0.643. The van der Waals surface area contributed by atoms with Gasteiger partial charge in [-0.2, -0.15) is 4.57 Å². The Morgan fingerprint density at radius 3 is 2.74 bits per heavy atom. The number of ether oxygens (including phenoxy) is 1. The van der Waals surface area contributed by atoms with Crippen LogP contribution in [0, 0.1) is 5.92 Å². The first-order valence-electron chi connectivity index (χ1n) is 7.42. The van der Waals surface area contributed by atoms with E-state index in [1.165, 1.54) is 6.20 Å². The first-order chi connectivity index (χ1) is 10.8. The molecule has 9 nitrogen and oxygen atoms in total. The number of aromatic nitrogens is 2. The Bertz CT molecular complexity index is 680. The Labute approximate surface area is 132 Å². The molecule has 0 unspecified atom stereocenters. The lowest BCUT2D eigenvalue weighted by atomic mass is 10.2. The summed E-state index contributed by atoms with van der Waals surface area (Å²) in [4.78, 5) is 36.3. The van der Waals surface area contributed by atoms with Gasteiger partial charge in [0.1, 0.15) is 12.3 Å². The van der Waals surface area contributed by atoms with Crippen molar-refractivity contribution in [2.75, 3.05) is 13.2 Å². The van der Waals surface area contributed by atoms with Crippen LogP contribution in [0.1, 0.15) is 26.5 Å². The third-order valence-corrected chi connectivity index (χ3v) is 3.57. The summed E-state index contributed by atoms with van der Waals surface area (Å²) in [5.41, 5.74) is -1.60. The lowest BCUT2D eigenvalue weighted by molar-refractivity contribution is -0.0461. The average Bonchev–Trinajstić information content (AvgIpc) is 2.86. The van der Waals surface area contributed by atoms with Crippen LogP contribution in [0.2, 0.25) is 0 Å². The minimum absolute atomic E-state index is 0.0803. The second kappa shape index (κ2) is 7.07. The van der Waals surface area contributed by atoms with Gasteiger partial charge in [-0.25, -0.2) is 9.59 Å². The third kappa shape index (κ3) is 3.69. The molecule has 0 aromatic carbocycles. The highest BCUT2D eigenvalue weighted by Gasteiger charge is 2.35. The van der Waals surface area contributed by atoms with E-state index in [1.54, 1.807) is 0 Å². The summed E-state index contributed by atoms with van der Waals surface area (Å²) in [5.74, 6) is 0.166. The molecule has 1 amide bonds. The van der Waals surface area contributed by atoms with Crippen LogP contribution >= 0.6 is 0 Å². The van der Waals surface area contributed by atoms with Crippen LogP contribution in [-0.2, 0) is 4.74 Å². The number of nitrogens with one attached hydrogen (secondary N) is 1. The van der Waals surface area contributed by atoms with Crippen LogP contribution in [0.25, 0.3) is 0 Å². The van der Waals surface area contributed by atoms with E-state index in [9.17, 15) is 19.5 Å². The van der Waals surface area contributed by atoms with E-state index < -0.39 is 35.7 Å². The number of aliphatic hydroxyl groups excluding tert-OH is 2. The van der Waals surface area contributed by atoms with Crippen molar-refractivity contribution in [3.8, 4) is 0 Å². The highest BCUT2D eigenvalue weighted by Crippen LogP contribution is 2.26. The molecule has 1 aliphatic rings. The van der Waals surface area contributed by atoms with Crippen molar-refractivity contribution in [2.45, 2.75) is 38.7 Å². The highest BCUT2D eigenvalue weighted by atomic mass is 16.5. The second-order valence-corrected chi connectivity index (χ2v) is 5.87. The third-order valence-electron chi connectivity index (χ3n) is 3.57. The van der Waals surface area contributed by atoms with Crippen molar-refractivity contribution in [1.82, 2.24) is 14.5 Å². The van der Waals surface area contributed by atoms with Crippen molar-refractivity contribution in [3.05, 3.63) is 33.1 Å². The minimum atomic E-state index is -0.924. The van der Waals surface area contributed by atoms with Gasteiger partial charge in [-0.15, -0.1) is 0 Å². The molecule has 2 rings (SSSR count). The van der Waals surface area contributed by atoms with Crippen LogP contribution in [0.4, 0.5) is 4.79 Å². The van der Waals surface area contributed by atoms with Gasteiger partial charge in [-0.05, 0) is 5.92 Å². The topological polar surface area (TPSA) is 123 Å². The van der Waals surface area contributed by atoms with E-state index in [2.05, 4.69) is 5.32 Å². The summed E-state index contributed by atoms with van der Waals surface area (Å²) in [5, 5.41) is 21.3. The van der Waals surface area contributed by atoms with E-state index in [4.69, 9.17) is 9.84 Å². The van der Waals surface area contributed by atoms with Crippen molar-refractivity contribution in [3.63, 3.8) is 0 Å². The Kier molecular flexibility index (Phi) is 5.34. The fourth-order valence-corrected chi connectivity index (χ4v) is 2.32. The molecule has 128 valence electrons. The number of carbonyl (C=O) groups excluding carboxylic acids is 1. The van der Waals surface area contributed by atoms with Gasteiger partial charge in [0.2, 0.25) is 0 Å². The first kappa shape index (κ1) is 17.4. The van der Waals surface area contributed by atoms with Gasteiger partial charge in [-0.3, -0.25) is 9.36 Å². The van der Waals surface area contributed by atoms with Crippen molar-refractivity contribution >= 4 is 6.03 Å². The van der Waals surface area contributed by atoms with Crippen LogP contribution in [0.5, 0.6) is 0 Å². The van der Waals surface area contributed by atoms with Gasteiger partial charge in [-0.1, -0.05) is 13.8 Å². The fourth-order valence-electron chi connectivity index (χ4n) is 2.32. The van der Waals surface area contributed by atoms with E-state index in [-0.39, 0.29) is 18.9 Å². The summed E-state index contributed by atoms with van der Waals surface area (Å²) in [6.07, 6.45) is -1.28. The smallest absolute Gasteiger partial charge is 0.341 e. The molecule has 0 spiro atoms. The molecule has 1 aromatic rings. The summed E-state index contributed by atoms with van der Waals surface area (Å²) < 4.78 is 6.93. The molecule has 3 atom stereocenters. The molecule has 1 aliphatic heterocycles. The molecule has 1 aromatic heterocycles. The molecular formula is C14H21N3O6. The Hall–Kier alpha value is -1.97. The van der Waals surface area contributed by atoms with Crippen molar-refractivity contribution in [1.29, 1.82) is 0 Å². The molecule has 3 N–H and O–H groups in total. The number of carbonyl (C=O) groups is 1. The van der Waals surface area contributed by atoms with Crippen molar-refractivity contribution in [2.24, 2.45) is 5.92 Å². The standard InChI is InChI=1S/C14H21N3O6/c1-8(2)6-15-13(21)17-11(20)3-4-16(14(17)22)12-5-9(19)10(7-18)23-12/h3-4,8-10,12,18-19H,5-7H2,1-2H3,(H,15,21)/t9-,10+,12+/m0/s1. The predicted octanol–water partition coefficient (Wildman–Crippen LogP) is -1.14. The maximum Gasteiger partial charge on any atom is 0.341 e. The minimum Gasteiger partial charge on any atom is -0.394 e. The second-order valence-electron chi connectivity index (χ2n) is 5.87. The Morgan fingerprint density at radius 2 is 2.17 bits per heavy atom. The molecule has 0 bridgehead atoms. The average molecular weight is 327 g/mol. The van der Waals surface area contributed by atoms with E-state index >= 15 is 0 Å². The number of rotatable bonds is 4. The number of hydrogen-bond acceptors (Lipinski definition) is 6. The summed E-state index contributed by atoms with van der Waals surface area (Å²) in [7, 11) is 0. The zero-order valence-electron chi connectivity index (χ0n) is 13.0. The van der Waals surface area contributed by atoms with Crippen LogP contribution < -0.4 is 16.6 Å². The number of hydrogen-bond donors (Lipinski definition) is 3. The van der Waals surface area contributed by atoms with Gasteiger partial charge in [0.05, 0.1) is 12.7 Å². The van der Waals surface area contributed by atoms with E-state index in [0.29, 0.717) is 11.1 Å². The zero-order valence-corrected chi connectivity index (χ0v) is 13.0. The SMILES string of the molecule is CC(C)CNC(=O)n1c(=O)ccn([C@H]2C[C@H](O)[C@@H](CO)O2)c1=O. The van der Waals surface area contributed by atoms with E-state index in [0.717, 1.165) is 10.6 Å². The van der Waals surface area contributed by atoms with Gasteiger partial charge >= 0.3 is 11.7 Å². The van der Waals surface area contributed by atoms with Gasteiger partial charge in [0.15, 0.2) is 0 Å². The van der Waals surface area contributed by atoms with E-state index in [1.807, 2.05) is 13.8 Å². The molecule has 1 saturated heterocycles. The predicted molar refractivity (Wildman–Crippen MR) is 80.2 cm³/mol. The molecule has 0 saturated carbocycles. The highest BCUT2D eigenvalue weighted by molar-refractivity contribution is 5.76. The van der Waals surface area contributed by atoms with Gasteiger partial charge < -0.3 is 20.3 Å². The maximum atomic E-state index is 12.4. The maximum absolute atomic E-state index is 12.4. The largest absolute Gasteiger partial charge is 0.394 e. The normalized spacial score (nSPS) is 24.1. The molecule has 2 heterocycles. The van der Waals surface area contributed by atoms with Gasteiger partial charge in [0.25, 0.3) is 5.56 Å². The zero-order chi connectivity index (χ0) is 17.1. The summed E-state index contributed by atoms with van der Waals surface area (Å²) >= 11 is 0. The first-order valence-corrected chi connectivity index (χ1v) is 7.42. The molecule has 0 radical (unpaired) electrons. The molecular weight excluding hydrogens is 306 g/mol. The molecule has 9 heteroatoms. The van der Waals surface area contributed by atoms with Crippen LogP contribution in [0.15, 0.2) is 21.9 Å². The number of aliphatic hydroxyl groups is 2. The van der Waals surface area contributed by atoms with Crippen LogP contribution in [-0.4, -0.2) is 50.7 Å². The van der Waals surface area contributed by atoms with Crippen molar-refractivity contribution < 1.29 is 19.7 Å². The lowest BCUT2D eigenvalue weighted by Crippen LogP contribution is -2.48. The van der Waals surface area contributed by atoms with Gasteiger partial charge in [0, 0.05) is 25.2 Å². The monoisotopic (exact) mass is 327 g/mol. The van der Waals surface area contributed by atoms with Crippen LogP contribution in [0.3, 0.4) is 0 Å². The molecule has 23 heavy (non-hydrogen) atoms. The Balaban J connectivity index is 2.31. The Morgan fingerprint density at radius 1 is 1.48 bits per heavy atom. The summed E-state index contributed by atoms with van der Waals surface area (Å²) in [6, 6.07) is 0.276. The number of nitrogens with zero attached hydrogens (tertiary/aromatic N) is 2. The molecule has 0 aliphatic carbocycles. The summed E-state index contributed by atoms with van der Waals surface area (Å²) in [6.45, 7) is 3.70. The number of amides is 1. The lowest BCUT2D eigenvalue weighted by Gasteiger charge is -2.16. The fraction of sp³-hybridized carbons (Fsp3) is 0.643.